The first-order valence-corrected chi connectivity index (χ1v) is 4.96. The van der Waals surface area contributed by atoms with E-state index in [1.807, 2.05) is 31.2 Å². The Bertz CT molecular complexity index is 500. The highest BCUT2D eigenvalue weighted by Crippen LogP contribution is 2.18. The van der Waals surface area contributed by atoms with Gasteiger partial charge >= 0.3 is 5.97 Å². The summed E-state index contributed by atoms with van der Waals surface area (Å²) in [7, 11) is 0. The number of hydrogen-bond donors (Lipinski definition) is 1. The van der Waals surface area contributed by atoms with E-state index in [9.17, 15) is 4.79 Å². The van der Waals surface area contributed by atoms with Crippen molar-refractivity contribution in [3.8, 4) is 11.1 Å². The summed E-state index contributed by atoms with van der Waals surface area (Å²) < 4.78 is 1.41. The molecule has 1 N–H and O–H groups in total. The maximum Gasteiger partial charge on any atom is 0.325 e. The number of rotatable bonds is 3. The first-order chi connectivity index (χ1) is 7.65. The second kappa shape index (κ2) is 4.18. The lowest BCUT2D eigenvalue weighted by Gasteiger charge is -1.97. The summed E-state index contributed by atoms with van der Waals surface area (Å²) in [5, 5.41) is 12.6. The molecule has 4 heteroatoms. The van der Waals surface area contributed by atoms with E-state index in [0.29, 0.717) is 0 Å². The Morgan fingerprint density at radius 3 is 2.62 bits per heavy atom. The zero-order valence-electron chi connectivity index (χ0n) is 8.92. The summed E-state index contributed by atoms with van der Waals surface area (Å²) in [6.07, 6.45) is 3.41. The average molecular weight is 216 g/mol. The van der Waals surface area contributed by atoms with Gasteiger partial charge in [-0.3, -0.25) is 9.48 Å². The lowest BCUT2D eigenvalue weighted by atomic mass is 10.1. The van der Waals surface area contributed by atoms with Gasteiger partial charge in [0.15, 0.2) is 0 Å². The molecule has 0 amide bonds. The van der Waals surface area contributed by atoms with Crippen LogP contribution in [0.3, 0.4) is 0 Å². The molecule has 1 aromatic carbocycles. The van der Waals surface area contributed by atoms with E-state index < -0.39 is 5.97 Å². The molecule has 0 aliphatic carbocycles. The molecule has 0 unspecified atom stereocenters. The molecular formula is C12H12N2O2. The van der Waals surface area contributed by atoms with Crippen molar-refractivity contribution < 1.29 is 9.90 Å². The summed E-state index contributed by atoms with van der Waals surface area (Å²) in [6, 6.07) is 8.03. The fourth-order valence-corrected chi connectivity index (χ4v) is 1.48. The van der Waals surface area contributed by atoms with E-state index in [2.05, 4.69) is 5.10 Å². The summed E-state index contributed by atoms with van der Waals surface area (Å²) in [4.78, 5) is 10.5. The van der Waals surface area contributed by atoms with Crippen molar-refractivity contribution in [1.29, 1.82) is 0 Å². The van der Waals surface area contributed by atoms with Gasteiger partial charge in [0.2, 0.25) is 0 Å². The van der Waals surface area contributed by atoms with Gasteiger partial charge in [0.1, 0.15) is 6.54 Å². The molecule has 0 atom stereocenters. The predicted octanol–water partition coefficient (Wildman–Crippen LogP) is 1.94. The molecule has 0 spiro atoms. The van der Waals surface area contributed by atoms with Gasteiger partial charge in [-0.15, -0.1) is 0 Å². The van der Waals surface area contributed by atoms with Crippen molar-refractivity contribution >= 4 is 5.97 Å². The topological polar surface area (TPSA) is 55.1 Å². The van der Waals surface area contributed by atoms with Crippen LogP contribution in [0.1, 0.15) is 5.56 Å². The quantitative estimate of drug-likeness (QED) is 0.853. The molecule has 0 bridgehead atoms. The fourth-order valence-electron chi connectivity index (χ4n) is 1.48. The highest BCUT2D eigenvalue weighted by Gasteiger charge is 2.03. The normalized spacial score (nSPS) is 10.3. The molecule has 0 aliphatic heterocycles. The van der Waals surface area contributed by atoms with Gasteiger partial charge in [-0.05, 0) is 12.5 Å². The molecule has 1 aromatic heterocycles. The van der Waals surface area contributed by atoms with Crippen molar-refractivity contribution in [3.05, 3.63) is 42.2 Å². The minimum atomic E-state index is -0.890. The monoisotopic (exact) mass is 216 g/mol. The number of carboxylic acids is 1. The Morgan fingerprint density at radius 2 is 2.00 bits per heavy atom. The Balaban J connectivity index is 2.24. The van der Waals surface area contributed by atoms with E-state index in [1.165, 1.54) is 10.2 Å². The van der Waals surface area contributed by atoms with Crippen molar-refractivity contribution in [2.24, 2.45) is 0 Å². The number of benzene rings is 1. The zero-order valence-corrected chi connectivity index (χ0v) is 8.92. The molecule has 0 saturated heterocycles. The summed E-state index contributed by atoms with van der Waals surface area (Å²) in [6.45, 7) is 1.92. The first kappa shape index (κ1) is 10.4. The SMILES string of the molecule is Cc1ccc(-c2cnn(CC(=O)O)c2)cc1. The number of carboxylic acid groups (broad SMARTS) is 1. The molecule has 2 aromatic rings. The molecule has 2 rings (SSSR count). The highest BCUT2D eigenvalue weighted by atomic mass is 16.4. The maximum absolute atomic E-state index is 10.5. The Labute approximate surface area is 93.1 Å². The summed E-state index contributed by atoms with van der Waals surface area (Å²) in [5.74, 6) is -0.890. The molecule has 4 nitrogen and oxygen atoms in total. The molecule has 0 saturated carbocycles. The Kier molecular flexibility index (Phi) is 2.72. The lowest BCUT2D eigenvalue weighted by Crippen LogP contribution is -2.08. The van der Waals surface area contributed by atoms with Crippen molar-refractivity contribution in [1.82, 2.24) is 9.78 Å². The van der Waals surface area contributed by atoms with Gasteiger partial charge < -0.3 is 5.11 Å². The average Bonchev–Trinajstić information content (AvgIpc) is 2.66. The zero-order chi connectivity index (χ0) is 11.5. The fraction of sp³-hybridized carbons (Fsp3) is 0.167. The number of aromatic nitrogens is 2. The molecule has 0 fully saturated rings. The lowest BCUT2D eigenvalue weighted by molar-refractivity contribution is -0.137. The molecule has 82 valence electrons. The van der Waals surface area contributed by atoms with Crippen LogP contribution in [0.4, 0.5) is 0 Å². The van der Waals surface area contributed by atoms with Crippen LogP contribution in [0.25, 0.3) is 11.1 Å². The van der Waals surface area contributed by atoms with Crippen LogP contribution in [-0.4, -0.2) is 20.9 Å². The molecule has 1 heterocycles. The predicted molar refractivity (Wildman–Crippen MR) is 60.0 cm³/mol. The highest BCUT2D eigenvalue weighted by molar-refractivity contribution is 5.67. The summed E-state index contributed by atoms with van der Waals surface area (Å²) >= 11 is 0. The van der Waals surface area contributed by atoms with Gasteiger partial charge in [0.25, 0.3) is 0 Å². The number of nitrogens with zero attached hydrogens (tertiary/aromatic N) is 2. The van der Waals surface area contributed by atoms with E-state index in [-0.39, 0.29) is 6.54 Å². The molecule has 0 radical (unpaired) electrons. The first-order valence-electron chi connectivity index (χ1n) is 4.96. The minimum Gasteiger partial charge on any atom is -0.480 e. The third kappa shape index (κ3) is 2.28. The summed E-state index contributed by atoms with van der Waals surface area (Å²) in [5.41, 5.74) is 3.17. The molecule has 0 aliphatic rings. The van der Waals surface area contributed by atoms with Gasteiger partial charge in [-0.25, -0.2) is 0 Å². The van der Waals surface area contributed by atoms with Crippen LogP contribution in [-0.2, 0) is 11.3 Å². The van der Waals surface area contributed by atoms with E-state index in [0.717, 1.165) is 11.1 Å². The standard InChI is InChI=1S/C12H12N2O2/c1-9-2-4-10(5-3-9)11-6-13-14(7-11)8-12(15)16/h2-7H,8H2,1H3,(H,15,16). The van der Waals surface area contributed by atoms with Gasteiger partial charge in [-0.2, -0.15) is 5.10 Å². The van der Waals surface area contributed by atoms with Crippen LogP contribution in [0, 0.1) is 6.92 Å². The van der Waals surface area contributed by atoms with E-state index >= 15 is 0 Å². The van der Waals surface area contributed by atoms with Crippen LogP contribution in [0.5, 0.6) is 0 Å². The number of aryl methyl sites for hydroxylation is 1. The Morgan fingerprint density at radius 1 is 1.31 bits per heavy atom. The van der Waals surface area contributed by atoms with Gasteiger partial charge in [-0.1, -0.05) is 29.8 Å². The third-order valence-electron chi connectivity index (χ3n) is 2.32. The second-order valence-corrected chi connectivity index (χ2v) is 3.69. The minimum absolute atomic E-state index is 0.105. The van der Waals surface area contributed by atoms with Crippen LogP contribution < -0.4 is 0 Å². The van der Waals surface area contributed by atoms with Gasteiger partial charge in [0.05, 0.1) is 6.20 Å². The number of hydrogen-bond acceptors (Lipinski definition) is 2. The maximum atomic E-state index is 10.5. The van der Waals surface area contributed by atoms with Crippen LogP contribution in [0.2, 0.25) is 0 Å². The van der Waals surface area contributed by atoms with Crippen molar-refractivity contribution in [2.45, 2.75) is 13.5 Å². The van der Waals surface area contributed by atoms with Crippen LogP contribution >= 0.6 is 0 Å². The number of aliphatic carboxylic acids is 1. The van der Waals surface area contributed by atoms with Crippen molar-refractivity contribution in [2.75, 3.05) is 0 Å². The second-order valence-electron chi connectivity index (χ2n) is 3.69. The van der Waals surface area contributed by atoms with Crippen LogP contribution in [0.15, 0.2) is 36.7 Å². The molecular weight excluding hydrogens is 204 g/mol. The van der Waals surface area contributed by atoms with Gasteiger partial charge in [0, 0.05) is 11.8 Å². The molecule has 16 heavy (non-hydrogen) atoms. The van der Waals surface area contributed by atoms with E-state index in [1.54, 1.807) is 12.4 Å². The van der Waals surface area contributed by atoms with Crippen molar-refractivity contribution in [3.63, 3.8) is 0 Å². The third-order valence-corrected chi connectivity index (χ3v) is 2.32. The smallest absolute Gasteiger partial charge is 0.325 e. The number of carbonyl (C=O) groups is 1. The Hall–Kier alpha value is -2.10. The largest absolute Gasteiger partial charge is 0.480 e. The van der Waals surface area contributed by atoms with E-state index in [4.69, 9.17) is 5.11 Å².